The van der Waals surface area contributed by atoms with Crippen molar-refractivity contribution in [2.75, 3.05) is 57.8 Å². The maximum atomic E-state index is 6.36. The van der Waals surface area contributed by atoms with Gasteiger partial charge in [-0.05, 0) is 38.4 Å². The summed E-state index contributed by atoms with van der Waals surface area (Å²) in [6, 6.07) is 4.82. The second-order valence-electron chi connectivity index (χ2n) is 7.39. The van der Waals surface area contributed by atoms with Gasteiger partial charge in [0.2, 0.25) is 0 Å². The van der Waals surface area contributed by atoms with Crippen molar-refractivity contribution in [2.24, 2.45) is 0 Å². The quantitative estimate of drug-likeness (QED) is 0.825. The maximum Gasteiger partial charge on any atom is 0.0732 e. The second-order valence-corrected chi connectivity index (χ2v) is 7.39. The molecule has 3 fully saturated rings. The largest absolute Gasteiger partial charge is 0.373 e. The van der Waals surface area contributed by atoms with Crippen LogP contribution in [0.1, 0.15) is 19.3 Å². The molecular formula is C18H28N4O. The molecule has 0 radical (unpaired) electrons. The van der Waals surface area contributed by atoms with E-state index in [9.17, 15) is 0 Å². The molecule has 0 amide bonds. The van der Waals surface area contributed by atoms with Gasteiger partial charge in [0.25, 0.3) is 0 Å². The molecule has 3 aliphatic rings. The zero-order chi connectivity index (χ0) is 15.7. The van der Waals surface area contributed by atoms with E-state index >= 15 is 0 Å². The first kappa shape index (κ1) is 15.4. The Kier molecular flexibility index (Phi) is 4.26. The van der Waals surface area contributed by atoms with Crippen LogP contribution in [0.3, 0.4) is 0 Å². The number of likely N-dealkylation sites (N-methyl/N-ethyl adjacent to an activating group) is 1. The molecule has 0 aromatic carbocycles. The molecule has 3 aliphatic heterocycles. The van der Waals surface area contributed by atoms with Gasteiger partial charge in [-0.25, -0.2) is 0 Å². The normalized spacial score (nSPS) is 29.3. The van der Waals surface area contributed by atoms with E-state index in [-0.39, 0.29) is 5.60 Å². The number of piperidine rings is 1. The minimum Gasteiger partial charge on any atom is -0.373 e. The third-order valence-corrected chi connectivity index (χ3v) is 5.93. The van der Waals surface area contributed by atoms with E-state index in [0.29, 0.717) is 6.04 Å². The molecule has 4 heterocycles. The van der Waals surface area contributed by atoms with Crippen molar-refractivity contribution in [3.63, 3.8) is 0 Å². The molecule has 3 saturated heterocycles. The second kappa shape index (κ2) is 6.38. The van der Waals surface area contributed by atoms with Crippen LogP contribution in [0.25, 0.3) is 0 Å². The highest BCUT2D eigenvalue weighted by Gasteiger charge is 2.44. The van der Waals surface area contributed by atoms with Gasteiger partial charge >= 0.3 is 0 Å². The van der Waals surface area contributed by atoms with E-state index in [1.54, 1.807) is 0 Å². The summed E-state index contributed by atoms with van der Waals surface area (Å²) in [5.74, 6) is 0. The highest BCUT2D eigenvalue weighted by atomic mass is 16.5. The molecule has 0 N–H and O–H groups in total. The summed E-state index contributed by atoms with van der Waals surface area (Å²) in [5, 5.41) is 0. The predicted octanol–water partition coefficient (Wildman–Crippen LogP) is 1.46. The van der Waals surface area contributed by atoms with Crippen LogP contribution < -0.4 is 4.90 Å². The van der Waals surface area contributed by atoms with Crippen LogP contribution in [0.5, 0.6) is 0 Å². The average Bonchev–Trinajstić information content (AvgIpc) is 3.01. The van der Waals surface area contributed by atoms with Gasteiger partial charge in [-0.2, -0.15) is 0 Å². The standard InChI is InChI=1S/C18H28N4O/c1-20-9-11-22(12-10-20)17-13-18(23-15-17)4-7-21(8-5-18)16-3-2-6-19-14-16/h2-3,6,14,17H,4-5,7-13,15H2,1H3. The van der Waals surface area contributed by atoms with Crippen molar-refractivity contribution >= 4 is 5.69 Å². The summed E-state index contributed by atoms with van der Waals surface area (Å²) in [6.45, 7) is 7.88. The Labute approximate surface area is 139 Å². The number of aromatic nitrogens is 1. The molecule has 1 aromatic rings. The Morgan fingerprint density at radius 1 is 1.13 bits per heavy atom. The third-order valence-electron chi connectivity index (χ3n) is 5.93. The van der Waals surface area contributed by atoms with Gasteiger partial charge in [0, 0.05) is 51.5 Å². The zero-order valence-electron chi connectivity index (χ0n) is 14.2. The molecule has 0 bridgehead atoms. The fourth-order valence-corrected chi connectivity index (χ4v) is 4.30. The molecule has 23 heavy (non-hydrogen) atoms. The fraction of sp³-hybridized carbons (Fsp3) is 0.722. The molecule has 0 saturated carbocycles. The zero-order valence-corrected chi connectivity index (χ0v) is 14.2. The molecule has 1 unspecified atom stereocenters. The van der Waals surface area contributed by atoms with Crippen LogP contribution in [0.2, 0.25) is 0 Å². The molecule has 5 nitrogen and oxygen atoms in total. The number of piperazine rings is 1. The van der Waals surface area contributed by atoms with Crippen LogP contribution in [0.4, 0.5) is 5.69 Å². The molecule has 1 spiro atoms. The highest BCUT2D eigenvalue weighted by molar-refractivity contribution is 5.44. The number of ether oxygens (including phenoxy) is 1. The van der Waals surface area contributed by atoms with Gasteiger partial charge in [-0.1, -0.05) is 0 Å². The lowest BCUT2D eigenvalue weighted by Crippen LogP contribution is -2.50. The van der Waals surface area contributed by atoms with Gasteiger partial charge in [0.05, 0.1) is 24.1 Å². The van der Waals surface area contributed by atoms with Crippen molar-refractivity contribution in [3.8, 4) is 0 Å². The summed E-state index contributed by atoms with van der Waals surface area (Å²) in [5.41, 5.74) is 1.38. The summed E-state index contributed by atoms with van der Waals surface area (Å²) in [7, 11) is 2.22. The van der Waals surface area contributed by atoms with Crippen molar-refractivity contribution in [3.05, 3.63) is 24.5 Å². The number of pyridine rings is 1. The number of rotatable bonds is 2. The number of anilines is 1. The smallest absolute Gasteiger partial charge is 0.0732 e. The van der Waals surface area contributed by atoms with Gasteiger partial charge in [-0.3, -0.25) is 9.88 Å². The lowest BCUT2D eigenvalue weighted by atomic mass is 9.87. The monoisotopic (exact) mass is 316 g/mol. The van der Waals surface area contributed by atoms with Crippen LogP contribution >= 0.6 is 0 Å². The predicted molar refractivity (Wildman–Crippen MR) is 91.8 cm³/mol. The summed E-state index contributed by atoms with van der Waals surface area (Å²) in [4.78, 5) is 11.8. The summed E-state index contributed by atoms with van der Waals surface area (Å²) in [6.07, 6.45) is 7.33. The summed E-state index contributed by atoms with van der Waals surface area (Å²) < 4.78 is 6.36. The molecule has 5 heteroatoms. The third kappa shape index (κ3) is 3.23. The van der Waals surface area contributed by atoms with E-state index in [0.717, 1.165) is 32.5 Å². The molecule has 4 rings (SSSR count). The van der Waals surface area contributed by atoms with Crippen LogP contribution in [-0.2, 0) is 4.74 Å². The minimum atomic E-state index is 0.132. The Bertz CT molecular complexity index is 507. The van der Waals surface area contributed by atoms with Crippen LogP contribution in [0, 0.1) is 0 Å². The summed E-state index contributed by atoms with van der Waals surface area (Å²) >= 11 is 0. The van der Waals surface area contributed by atoms with Gasteiger partial charge < -0.3 is 14.5 Å². The SMILES string of the molecule is CN1CCN(C2COC3(CCN(c4cccnc4)CC3)C2)CC1. The van der Waals surface area contributed by atoms with E-state index in [1.807, 2.05) is 18.5 Å². The number of nitrogens with zero attached hydrogens (tertiary/aromatic N) is 4. The first-order valence-corrected chi connectivity index (χ1v) is 8.96. The maximum absolute atomic E-state index is 6.36. The van der Waals surface area contributed by atoms with Crippen LogP contribution in [-0.4, -0.2) is 79.3 Å². The van der Waals surface area contributed by atoms with Crippen LogP contribution in [0.15, 0.2) is 24.5 Å². The van der Waals surface area contributed by atoms with Crippen molar-refractivity contribution in [1.82, 2.24) is 14.8 Å². The Balaban J connectivity index is 1.33. The molecule has 0 aliphatic carbocycles. The highest BCUT2D eigenvalue weighted by Crippen LogP contribution is 2.38. The molecular weight excluding hydrogens is 288 g/mol. The number of hydrogen-bond donors (Lipinski definition) is 0. The van der Waals surface area contributed by atoms with Crippen molar-refractivity contribution < 1.29 is 4.74 Å². The van der Waals surface area contributed by atoms with E-state index in [2.05, 4.69) is 32.8 Å². The molecule has 126 valence electrons. The molecule has 1 aromatic heterocycles. The van der Waals surface area contributed by atoms with Gasteiger partial charge in [0.1, 0.15) is 0 Å². The van der Waals surface area contributed by atoms with E-state index in [4.69, 9.17) is 4.74 Å². The lowest BCUT2D eigenvalue weighted by molar-refractivity contribution is -0.0163. The van der Waals surface area contributed by atoms with Crippen molar-refractivity contribution in [1.29, 1.82) is 0 Å². The molecule has 1 atom stereocenters. The minimum absolute atomic E-state index is 0.132. The number of hydrogen-bond acceptors (Lipinski definition) is 5. The Morgan fingerprint density at radius 3 is 2.61 bits per heavy atom. The average molecular weight is 316 g/mol. The lowest BCUT2D eigenvalue weighted by Gasteiger charge is -2.40. The first-order chi connectivity index (χ1) is 11.2. The topological polar surface area (TPSA) is 31.8 Å². The van der Waals surface area contributed by atoms with Crippen molar-refractivity contribution in [2.45, 2.75) is 30.9 Å². The van der Waals surface area contributed by atoms with E-state index in [1.165, 1.54) is 38.3 Å². The fourth-order valence-electron chi connectivity index (χ4n) is 4.30. The Morgan fingerprint density at radius 2 is 1.91 bits per heavy atom. The van der Waals surface area contributed by atoms with E-state index < -0.39 is 0 Å². The Hall–Kier alpha value is -1.17. The van der Waals surface area contributed by atoms with Gasteiger partial charge in [-0.15, -0.1) is 0 Å². The first-order valence-electron chi connectivity index (χ1n) is 8.96. The van der Waals surface area contributed by atoms with Gasteiger partial charge in [0.15, 0.2) is 0 Å².